The minimum atomic E-state index is 0.794. The van der Waals surface area contributed by atoms with Gasteiger partial charge in [-0.25, -0.2) is 0 Å². The molecule has 0 unspecified atom stereocenters. The van der Waals surface area contributed by atoms with Gasteiger partial charge in [0.05, 0.1) is 0 Å². The fourth-order valence-corrected chi connectivity index (χ4v) is 1.21. The normalized spacial score (nSPS) is 11.2. The van der Waals surface area contributed by atoms with Crippen molar-refractivity contribution in [3.63, 3.8) is 0 Å². The molecule has 0 atom stereocenters. The van der Waals surface area contributed by atoms with Gasteiger partial charge >= 0.3 is 0 Å². The topological polar surface area (TPSA) is 12.0 Å². The number of hydrogen-bond acceptors (Lipinski definition) is 1. The Balaban J connectivity index is 2.81. The Kier molecular flexibility index (Phi) is 11.5. The maximum absolute atomic E-state index is 5.54. The zero-order chi connectivity index (χ0) is 9.07. The number of unbranched alkanes of at least 4 members (excludes halogenated alkanes) is 3. The van der Waals surface area contributed by atoms with Crippen LogP contribution in [-0.2, 0) is 0 Å². The molecule has 1 nitrogen and oxygen atoms in total. The van der Waals surface area contributed by atoms with Gasteiger partial charge in [-0.15, -0.1) is 11.6 Å². The van der Waals surface area contributed by atoms with E-state index in [1.807, 2.05) is 6.08 Å². The number of hydrogen-bond donors (Lipinski definition) is 1. The molecule has 0 aliphatic carbocycles. The Morgan fingerprint density at radius 1 is 1.08 bits per heavy atom. The predicted molar refractivity (Wildman–Crippen MR) is 57.1 cm³/mol. The van der Waals surface area contributed by atoms with Gasteiger partial charge in [-0.3, -0.25) is 0 Å². The Bertz CT molecular complexity index is 105. The highest BCUT2D eigenvalue weighted by atomic mass is 35.5. The van der Waals surface area contributed by atoms with Crippen molar-refractivity contribution < 1.29 is 0 Å². The Hall–Kier alpha value is 0.280. The first kappa shape index (κ1) is 12.3. The first-order chi connectivity index (χ1) is 5.91. The van der Waals surface area contributed by atoms with Crippen LogP contribution in [0.25, 0.3) is 0 Å². The van der Waals surface area contributed by atoms with Crippen LogP contribution in [0.2, 0.25) is 0 Å². The smallest absolute Gasteiger partial charge is 0.0223 e. The van der Waals surface area contributed by atoms with Gasteiger partial charge in [0.1, 0.15) is 0 Å². The van der Waals surface area contributed by atoms with E-state index in [1.54, 1.807) is 5.54 Å². The Morgan fingerprint density at radius 3 is 2.50 bits per heavy atom. The van der Waals surface area contributed by atoms with E-state index in [2.05, 4.69) is 5.32 Å². The Labute approximate surface area is 85.1 Å². The van der Waals surface area contributed by atoms with Crippen LogP contribution in [0.5, 0.6) is 0 Å². The second-order valence-corrected chi connectivity index (χ2v) is 3.30. The molecule has 0 fully saturated rings. The molecule has 0 heterocycles. The van der Waals surface area contributed by atoms with Crippen molar-refractivity contribution in [1.29, 1.82) is 0 Å². The summed E-state index contributed by atoms with van der Waals surface area (Å²) >= 11 is 10.9. The number of halogens is 2. The van der Waals surface area contributed by atoms with Crippen LogP contribution in [0.4, 0.5) is 0 Å². The molecule has 0 amide bonds. The van der Waals surface area contributed by atoms with E-state index in [4.69, 9.17) is 23.2 Å². The monoisotopic (exact) mass is 209 g/mol. The summed E-state index contributed by atoms with van der Waals surface area (Å²) in [4.78, 5) is 0. The summed E-state index contributed by atoms with van der Waals surface area (Å²) in [6.07, 6.45) is 6.79. The first-order valence-corrected chi connectivity index (χ1v) is 5.41. The largest absolute Gasteiger partial charge is 0.313 e. The van der Waals surface area contributed by atoms with Crippen LogP contribution in [0, 0.1) is 0 Å². The number of rotatable bonds is 8. The summed E-state index contributed by atoms with van der Waals surface area (Å²) in [5.74, 6) is 0.794. The standard InChI is InChI=1S/C9H17Cl2N/c10-6-3-1-2-4-8-12-9-5-7-11/h5,7,12H,1-4,6,8-9H2/b7-5+. The second-order valence-electron chi connectivity index (χ2n) is 2.67. The van der Waals surface area contributed by atoms with E-state index >= 15 is 0 Å². The molecule has 1 N–H and O–H groups in total. The molecule has 0 radical (unpaired) electrons. The summed E-state index contributed by atoms with van der Waals surface area (Å²) in [7, 11) is 0. The molecule has 0 bridgehead atoms. The summed E-state index contributed by atoms with van der Waals surface area (Å²) in [5.41, 5.74) is 1.54. The van der Waals surface area contributed by atoms with E-state index in [9.17, 15) is 0 Å². The number of nitrogens with one attached hydrogen (secondary N) is 1. The highest BCUT2D eigenvalue weighted by molar-refractivity contribution is 6.25. The third-order valence-electron chi connectivity index (χ3n) is 1.59. The quantitative estimate of drug-likeness (QED) is 0.479. The molecule has 72 valence electrons. The third-order valence-corrected chi connectivity index (χ3v) is 2.03. The third kappa shape index (κ3) is 10.3. The average Bonchev–Trinajstić information content (AvgIpc) is 2.10. The lowest BCUT2D eigenvalue weighted by Gasteiger charge is -2.00. The zero-order valence-electron chi connectivity index (χ0n) is 7.36. The predicted octanol–water partition coefficient (Wildman–Crippen LogP) is 3.13. The van der Waals surface area contributed by atoms with Crippen LogP contribution in [0.1, 0.15) is 25.7 Å². The van der Waals surface area contributed by atoms with E-state index in [1.165, 1.54) is 19.3 Å². The van der Waals surface area contributed by atoms with Crippen LogP contribution in [0.15, 0.2) is 11.6 Å². The van der Waals surface area contributed by atoms with Gasteiger partial charge in [0.15, 0.2) is 0 Å². The van der Waals surface area contributed by atoms with Crippen molar-refractivity contribution in [2.24, 2.45) is 0 Å². The molecule has 0 aromatic rings. The summed E-state index contributed by atoms with van der Waals surface area (Å²) in [5, 5.41) is 3.26. The molecule has 0 aromatic carbocycles. The van der Waals surface area contributed by atoms with Gasteiger partial charge < -0.3 is 5.32 Å². The van der Waals surface area contributed by atoms with E-state index in [0.717, 1.165) is 25.4 Å². The van der Waals surface area contributed by atoms with Gasteiger partial charge in [-0.2, -0.15) is 0 Å². The van der Waals surface area contributed by atoms with Crippen LogP contribution < -0.4 is 5.32 Å². The molecule has 0 rings (SSSR count). The van der Waals surface area contributed by atoms with Crippen molar-refractivity contribution >= 4 is 23.2 Å². The first-order valence-electron chi connectivity index (χ1n) is 4.43. The molecule has 0 aliphatic heterocycles. The van der Waals surface area contributed by atoms with E-state index < -0.39 is 0 Å². The molecular formula is C9H17Cl2N. The highest BCUT2D eigenvalue weighted by Gasteiger charge is 1.87. The van der Waals surface area contributed by atoms with Crippen LogP contribution >= 0.6 is 23.2 Å². The minimum absolute atomic E-state index is 0.794. The lowest BCUT2D eigenvalue weighted by Crippen LogP contribution is -2.14. The van der Waals surface area contributed by atoms with Crippen molar-refractivity contribution in [3.8, 4) is 0 Å². The molecular weight excluding hydrogens is 193 g/mol. The fraction of sp³-hybridized carbons (Fsp3) is 0.778. The van der Waals surface area contributed by atoms with Crippen molar-refractivity contribution in [2.45, 2.75) is 25.7 Å². The molecule has 3 heteroatoms. The lowest BCUT2D eigenvalue weighted by atomic mass is 10.2. The van der Waals surface area contributed by atoms with E-state index in [-0.39, 0.29) is 0 Å². The fourth-order valence-electron chi connectivity index (χ4n) is 0.928. The van der Waals surface area contributed by atoms with Crippen molar-refractivity contribution in [1.82, 2.24) is 5.32 Å². The molecule has 0 spiro atoms. The van der Waals surface area contributed by atoms with Gasteiger partial charge in [-0.05, 0) is 19.4 Å². The van der Waals surface area contributed by atoms with Gasteiger partial charge in [0.25, 0.3) is 0 Å². The zero-order valence-corrected chi connectivity index (χ0v) is 8.87. The van der Waals surface area contributed by atoms with E-state index in [0.29, 0.717) is 0 Å². The SMILES string of the molecule is Cl/C=C/CNCCCCCCCl. The van der Waals surface area contributed by atoms with Gasteiger partial charge in [0.2, 0.25) is 0 Å². The number of alkyl halides is 1. The molecule has 0 aromatic heterocycles. The summed E-state index contributed by atoms with van der Waals surface area (Å²) in [6, 6.07) is 0. The van der Waals surface area contributed by atoms with Gasteiger partial charge in [-0.1, -0.05) is 30.5 Å². The summed E-state index contributed by atoms with van der Waals surface area (Å²) in [6.45, 7) is 1.95. The molecule has 0 saturated heterocycles. The second kappa shape index (κ2) is 11.3. The average molecular weight is 210 g/mol. The minimum Gasteiger partial charge on any atom is -0.313 e. The maximum Gasteiger partial charge on any atom is 0.0223 e. The molecule has 0 aliphatic rings. The van der Waals surface area contributed by atoms with Gasteiger partial charge in [0, 0.05) is 18.0 Å². The lowest BCUT2D eigenvalue weighted by molar-refractivity contribution is 0.622. The van der Waals surface area contributed by atoms with Crippen LogP contribution in [-0.4, -0.2) is 19.0 Å². The molecule has 0 saturated carbocycles. The van der Waals surface area contributed by atoms with Crippen molar-refractivity contribution in [3.05, 3.63) is 11.6 Å². The Morgan fingerprint density at radius 2 is 1.83 bits per heavy atom. The summed E-state index contributed by atoms with van der Waals surface area (Å²) < 4.78 is 0. The maximum atomic E-state index is 5.54. The van der Waals surface area contributed by atoms with Crippen molar-refractivity contribution in [2.75, 3.05) is 19.0 Å². The highest BCUT2D eigenvalue weighted by Crippen LogP contribution is 1.99. The van der Waals surface area contributed by atoms with Crippen LogP contribution in [0.3, 0.4) is 0 Å². The molecule has 12 heavy (non-hydrogen) atoms.